The van der Waals surface area contributed by atoms with Gasteiger partial charge in [0.2, 0.25) is 5.91 Å². The number of methoxy groups -OCH3 is 1. The summed E-state index contributed by atoms with van der Waals surface area (Å²) in [6.45, 7) is 4.08. The second kappa shape index (κ2) is 7.94. The highest BCUT2D eigenvalue weighted by Gasteiger charge is 2.46. The number of benzene rings is 1. The van der Waals surface area contributed by atoms with Gasteiger partial charge in [0, 0.05) is 11.6 Å². The van der Waals surface area contributed by atoms with E-state index in [0.717, 1.165) is 10.0 Å². The van der Waals surface area contributed by atoms with Crippen LogP contribution in [0.3, 0.4) is 0 Å². The van der Waals surface area contributed by atoms with Gasteiger partial charge in [-0.1, -0.05) is 39.8 Å². The number of amidine groups is 1. The van der Waals surface area contributed by atoms with E-state index in [1.807, 2.05) is 31.2 Å². The van der Waals surface area contributed by atoms with Crippen LogP contribution in [0.5, 0.6) is 0 Å². The maximum Gasteiger partial charge on any atom is 0.338 e. The van der Waals surface area contributed by atoms with Crippen LogP contribution in [0.4, 0.5) is 0 Å². The first-order valence-corrected chi connectivity index (χ1v) is 9.82. The molecule has 138 valence electrons. The van der Waals surface area contributed by atoms with E-state index >= 15 is 0 Å². The summed E-state index contributed by atoms with van der Waals surface area (Å²) in [5.74, 6) is -0.538. The monoisotopic (exact) mass is 438 g/mol. The van der Waals surface area contributed by atoms with E-state index in [-0.39, 0.29) is 17.8 Å². The molecule has 2 heterocycles. The molecule has 0 N–H and O–H groups in total. The number of thioether (sulfide) groups is 1. The van der Waals surface area contributed by atoms with Crippen LogP contribution in [0.2, 0.25) is 0 Å². The molecule has 1 aromatic rings. The second-order valence-electron chi connectivity index (χ2n) is 5.94. The smallest absolute Gasteiger partial charge is 0.338 e. The average Bonchev–Trinajstić information content (AvgIpc) is 2.88. The molecule has 1 amide bonds. The minimum atomic E-state index is -0.546. The molecule has 0 aromatic heterocycles. The van der Waals surface area contributed by atoms with Gasteiger partial charge in [-0.2, -0.15) is 0 Å². The number of esters is 1. The fourth-order valence-electron chi connectivity index (χ4n) is 2.92. The highest BCUT2D eigenvalue weighted by atomic mass is 79.9. The lowest BCUT2D eigenvalue weighted by Gasteiger charge is -2.33. The normalized spacial score (nSPS) is 22.4. The predicted octanol–water partition coefficient (Wildman–Crippen LogP) is 3.29. The fraction of sp³-hybridized carbons (Fsp3) is 0.389. The zero-order valence-corrected chi connectivity index (χ0v) is 17.1. The van der Waals surface area contributed by atoms with Gasteiger partial charge in [0.05, 0.1) is 29.2 Å². The standard InChI is InChI=1S/C18H19BrN2O4S/c1-10-14(17(23)25-9-8-24-3)15(12-4-6-13(19)7-5-12)21-16(22)11(2)26-18(21)20-10/h4-7,11,15H,8-9H2,1-3H3/t11-,15+/m0/s1. The number of rotatable bonds is 5. The number of allylic oxidation sites excluding steroid dienone is 1. The van der Waals surface area contributed by atoms with Crippen molar-refractivity contribution in [3.05, 3.63) is 45.6 Å². The van der Waals surface area contributed by atoms with Crippen LogP contribution in [-0.4, -0.2) is 47.5 Å². The molecular weight excluding hydrogens is 420 g/mol. The fourth-order valence-corrected chi connectivity index (χ4v) is 4.21. The van der Waals surface area contributed by atoms with Crippen molar-refractivity contribution in [2.45, 2.75) is 25.1 Å². The van der Waals surface area contributed by atoms with Gasteiger partial charge in [0.15, 0.2) is 5.17 Å². The van der Waals surface area contributed by atoms with Crippen molar-refractivity contribution in [2.24, 2.45) is 4.99 Å². The topological polar surface area (TPSA) is 68.2 Å². The highest BCUT2D eigenvalue weighted by molar-refractivity contribution is 9.10. The van der Waals surface area contributed by atoms with Crippen LogP contribution in [0, 0.1) is 0 Å². The first-order chi connectivity index (χ1) is 12.4. The summed E-state index contributed by atoms with van der Waals surface area (Å²) in [6.07, 6.45) is 0. The molecule has 1 aromatic carbocycles. The van der Waals surface area contributed by atoms with Crippen molar-refractivity contribution < 1.29 is 19.1 Å². The number of carbonyl (C=O) groups is 2. The Labute approximate surface area is 164 Å². The SMILES string of the molecule is COCCOC(=O)C1=C(C)N=C2S[C@@H](C)C(=O)N2[C@@H]1c1ccc(Br)cc1. The molecule has 8 heteroatoms. The van der Waals surface area contributed by atoms with E-state index in [1.54, 1.807) is 18.9 Å². The lowest BCUT2D eigenvalue weighted by molar-refractivity contribution is -0.141. The van der Waals surface area contributed by atoms with Crippen LogP contribution < -0.4 is 0 Å². The number of nitrogens with zero attached hydrogens (tertiary/aromatic N) is 2. The van der Waals surface area contributed by atoms with Gasteiger partial charge in [-0.05, 0) is 31.5 Å². The third kappa shape index (κ3) is 3.58. The molecule has 0 saturated carbocycles. The Bertz CT molecular complexity index is 791. The van der Waals surface area contributed by atoms with Gasteiger partial charge >= 0.3 is 5.97 Å². The van der Waals surface area contributed by atoms with Crippen LogP contribution in [0.25, 0.3) is 0 Å². The van der Waals surface area contributed by atoms with E-state index in [1.165, 1.54) is 11.8 Å². The number of halogens is 1. The zero-order chi connectivity index (χ0) is 18.8. The number of ether oxygens (including phenoxy) is 2. The van der Waals surface area contributed by atoms with Crippen molar-refractivity contribution in [3.63, 3.8) is 0 Å². The Morgan fingerprint density at radius 1 is 1.31 bits per heavy atom. The van der Waals surface area contributed by atoms with Crippen molar-refractivity contribution in [1.29, 1.82) is 0 Å². The van der Waals surface area contributed by atoms with E-state index in [2.05, 4.69) is 20.9 Å². The summed E-state index contributed by atoms with van der Waals surface area (Å²) in [6, 6.07) is 7.03. The molecule has 1 saturated heterocycles. The number of amides is 1. The van der Waals surface area contributed by atoms with Gasteiger partial charge in [0.25, 0.3) is 0 Å². The van der Waals surface area contributed by atoms with Crippen molar-refractivity contribution in [2.75, 3.05) is 20.3 Å². The van der Waals surface area contributed by atoms with Crippen LogP contribution >= 0.6 is 27.7 Å². The summed E-state index contributed by atoms with van der Waals surface area (Å²) >= 11 is 4.83. The molecular formula is C18H19BrN2O4S. The molecule has 0 spiro atoms. The second-order valence-corrected chi connectivity index (χ2v) is 8.17. The van der Waals surface area contributed by atoms with Crippen LogP contribution in [0.15, 0.2) is 45.0 Å². The molecule has 2 aliphatic heterocycles. The lowest BCUT2D eigenvalue weighted by Crippen LogP contribution is -2.40. The van der Waals surface area contributed by atoms with Gasteiger partial charge in [-0.15, -0.1) is 0 Å². The Morgan fingerprint density at radius 2 is 2.00 bits per heavy atom. The van der Waals surface area contributed by atoms with E-state index < -0.39 is 12.0 Å². The average molecular weight is 439 g/mol. The summed E-state index contributed by atoms with van der Waals surface area (Å²) in [7, 11) is 1.54. The quantitative estimate of drug-likeness (QED) is 0.521. The molecule has 2 aliphatic rings. The molecule has 6 nitrogen and oxygen atoms in total. The molecule has 0 bridgehead atoms. The summed E-state index contributed by atoms with van der Waals surface area (Å²) in [5, 5.41) is 0.393. The predicted molar refractivity (Wildman–Crippen MR) is 104 cm³/mol. The van der Waals surface area contributed by atoms with Crippen molar-refractivity contribution >= 4 is 44.7 Å². The highest BCUT2D eigenvalue weighted by Crippen LogP contribution is 2.43. The van der Waals surface area contributed by atoms with Gasteiger partial charge < -0.3 is 9.47 Å². The molecule has 1 fully saturated rings. The minimum absolute atomic E-state index is 0.0589. The third-order valence-electron chi connectivity index (χ3n) is 4.18. The lowest BCUT2D eigenvalue weighted by atomic mass is 9.94. The summed E-state index contributed by atoms with van der Waals surface area (Å²) in [5.41, 5.74) is 1.79. The van der Waals surface area contributed by atoms with Crippen molar-refractivity contribution in [1.82, 2.24) is 4.90 Å². The first kappa shape index (κ1) is 19.1. The van der Waals surface area contributed by atoms with E-state index in [9.17, 15) is 9.59 Å². The molecule has 2 atom stereocenters. The van der Waals surface area contributed by atoms with Gasteiger partial charge in [-0.3, -0.25) is 9.69 Å². The zero-order valence-electron chi connectivity index (χ0n) is 14.7. The van der Waals surface area contributed by atoms with E-state index in [0.29, 0.717) is 23.0 Å². The number of fused-ring (bicyclic) bond motifs is 1. The molecule has 0 radical (unpaired) electrons. The number of hydrogen-bond donors (Lipinski definition) is 0. The van der Waals surface area contributed by atoms with Gasteiger partial charge in [0.1, 0.15) is 6.61 Å². The largest absolute Gasteiger partial charge is 0.460 e. The minimum Gasteiger partial charge on any atom is -0.460 e. The molecule has 0 unspecified atom stereocenters. The van der Waals surface area contributed by atoms with E-state index in [4.69, 9.17) is 9.47 Å². The Balaban J connectivity index is 2.03. The molecule has 3 rings (SSSR count). The maximum absolute atomic E-state index is 12.8. The summed E-state index contributed by atoms with van der Waals surface area (Å²) < 4.78 is 11.2. The molecule has 0 aliphatic carbocycles. The van der Waals surface area contributed by atoms with Crippen LogP contribution in [0.1, 0.15) is 25.5 Å². The number of carbonyl (C=O) groups excluding carboxylic acids is 2. The Kier molecular flexibility index (Phi) is 5.84. The number of aliphatic imine (C=N–C) groups is 1. The van der Waals surface area contributed by atoms with Crippen molar-refractivity contribution in [3.8, 4) is 0 Å². The number of hydrogen-bond acceptors (Lipinski definition) is 6. The third-order valence-corrected chi connectivity index (χ3v) is 5.77. The van der Waals surface area contributed by atoms with Gasteiger partial charge in [-0.25, -0.2) is 9.79 Å². The molecule has 26 heavy (non-hydrogen) atoms. The first-order valence-electron chi connectivity index (χ1n) is 8.14. The Hall–Kier alpha value is -1.64. The maximum atomic E-state index is 12.8. The Morgan fingerprint density at radius 3 is 2.65 bits per heavy atom. The van der Waals surface area contributed by atoms with Crippen LogP contribution in [-0.2, 0) is 19.1 Å². The summed E-state index contributed by atoms with van der Waals surface area (Å²) in [4.78, 5) is 31.6.